The average molecular weight is 490 g/mol. The molecule has 13 heteroatoms. The summed E-state index contributed by atoms with van der Waals surface area (Å²) < 4.78 is 2.33. The molecule has 1 heterocycles. The summed E-state index contributed by atoms with van der Waals surface area (Å²) in [5, 5.41) is 36.8. The van der Waals surface area contributed by atoms with Gasteiger partial charge in [0, 0.05) is 13.1 Å². The highest BCUT2D eigenvalue weighted by Gasteiger charge is 2.21. The van der Waals surface area contributed by atoms with Gasteiger partial charge in [-0.25, -0.2) is 28.1 Å². The van der Waals surface area contributed by atoms with Crippen LogP contribution in [0.5, 0.6) is 0 Å². The van der Waals surface area contributed by atoms with E-state index in [-0.39, 0.29) is 32.7 Å². The molecule has 0 aliphatic heterocycles. The van der Waals surface area contributed by atoms with Crippen LogP contribution in [0, 0.1) is 0 Å². The number of aliphatic hydroxyl groups is 3. The fraction of sp³-hybridized carbons (Fsp3) is 0.857. The first kappa shape index (κ1) is 30.2. The smallest absolute Gasteiger partial charge is 0.336 e. The van der Waals surface area contributed by atoms with Crippen molar-refractivity contribution in [3.8, 4) is 0 Å². The van der Waals surface area contributed by atoms with Gasteiger partial charge in [0.2, 0.25) is 0 Å². The number of rotatable bonds is 19. The van der Waals surface area contributed by atoms with Crippen LogP contribution in [-0.4, -0.2) is 86.6 Å². The number of hydrogen-bond donors (Lipinski definition) is 7. The molecule has 3 atom stereocenters. The molecule has 13 nitrogen and oxygen atoms in total. The minimum absolute atomic E-state index is 0.141. The molecule has 3 unspecified atom stereocenters. The molecule has 0 saturated carbocycles. The zero-order valence-corrected chi connectivity index (χ0v) is 20.2. The van der Waals surface area contributed by atoms with E-state index in [2.05, 4.69) is 10.6 Å². The van der Waals surface area contributed by atoms with Crippen molar-refractivity contribution >= 4 is 0 Å². The molecule has 9 N–H and O–H groups in total. The molecule has 0 bridgehead atoms. The first-order valence-electron chi connectivity index (χ1n) is 12.1. The van der Waals surface area contributed by atoms with Gasteiger partial charge in [0.25, 0.3) is 0 Å². The molecule has 0 spiro atoms. The molecule has 0 amide bonds. The second-order valence-electron chi connectivity index (χ2n) is 8.45. The number of unbranched alkanes of at least 4 members (excludes halogenated alkanes) is 2. The van der Waals surface area contributed by atoms with E-state index in [4.69, 9.17) is 11.5 Å². The van der Waals surface area contributed by atoms with Gasteiger partial charge >= 0.3 is 17.1 Å². The second kappa shape index (κ2) is 16.7. The Morgan fingerprint density at radius 3 is 1.35 bits per heavy atom. The normalized spacial score (nSPS) is 14.3. The Balaban J connectivity index is 3.08. The standard InChI is InChI=1S/C21H43N7O6/c1-2-16(29)13-26-19(32)27(14-17(30)11-24-9-5-3-7-22)21(34)28(20(26)33)15-18(31)12-25-10-6-4-8-23/h16-18,24-25,29-31H,2-15,22-23H2,1H3. The summed E-state index contributed by atoms with van der Waals surface area (Å²) in [6.07, 6.45) is 0.538. The maximum Gasteiger partial charge on any atom is 0.336 e. The average Bonchev–Trinajstić information content (AvgIpc) is 2.81. The monoisotopic (exact) mass is 489 g/mol. The Hall–Kier alpha value is -1.87. The Morgan fingerprint density at radius 2 is 1.03 bits per heavy atom. The fourth-order valence-corrected chi connectivity index (χ4v) is 3.37. The lowest BCUT2D eigenvalue weighted by Gasteiger charge is -2.19. The van der Waals surface area contributed by atoms with Gasteiger partial charge in [0.05, 0.1) is 37.9 Å². The quantitative estimate of drug-likeness (QED) is 0.0948. The Labute approximate surface area is 199 Å². The maximum atomic E-state index is 13.0. The van der Waals surface area contributed by atoms with Crippen molar-refractivity contribution in [2.45, 2.75) is 77.0 Å². The SMILES string of the molecule is CCC(O)Cn1c(=O)n(CC(O)CNCCCCN)c(=O)n(CC(O)CNCCCCN)c1=O. The Kier molecular flexibility index (Phi) is 14.8. The summed E-state index contributed by atoms with van der Waals surface area (Å²) in [7, 11) is 0. The molecule has 1 aromatic rings. The molecule has 198 valence electrons. The van der Waals surface area contributed by atoms with E-state index < -0.39 is 35.4 Å². The third-order valence-corrected chi connectivity index (χ3v) is 5.41. The number of nitrogens with two attached hydrogens (primary N) is 2. The van der Waals surface area contributed by atoms with E-state index in [9.17, 15) is 29.7 Å². The summed E-state index contributed by atoms with van der Waals surface area (Å²) in [4.78, 5) is 38.8. The van der Waals surface area contributed by atoms with Crippen molar-refractivity contribution in [3.05, 3.63) is 31.5 Å². The van der Waals surface area contributed by atoms with Crippen molar-refractivity contribution in [1.82, 2.24) is 24.3 Å². The van der Waals surface area contributed by atoms with Gasteiger partial charge < -0.3 is 37.4 Å². The number of nitrogens with zero attached hydrogens (tertiary/aromatic N) is 3. The molecule has 0 radical (unpaired) electrons. The first-order valence-corrected chi connectivity index (χ1v) is 12.1. The van der Waals surface area contributed by atoms with Gasteiger partial charge in [-0.1, -0.05) is 6.92 Å². The van der Waals surface area contributed by atoms with Crippen LogP contribution in [0.4, 0.5) is 0 Å². The molecular weight excluding hydrogens is 446 g/mol. The highest BCUT2D eigenvalue weighted by atomic mass is 16.3. The van der Waals surface area contributed by atoms with Gasteiger partial charge in [-0.15, -0.1) is 0 Å². The van der Waals surface area contributed by atoms with E-state index in [1.807, 2.05) is 0 Å². The van der Waals surface area contributed by atoms with Gasteiger partial charge in [-0.05, 0) is 58.3 Å². The predicted molar refractivity (Wildman–Crippen MR) is 130 cm³/mol. The van der Waals surface area contributed by atoms with E-state index in [1.165, 1.54) is 0 Å². The summed E-state index contributed by atoms with van der Waals surface area (Å²) in [5.41, 5.74) is 8.16. The highest BCUT2D eigenvalue weighted by molar-refractivity contribution is 4.82. The topological polar surface area (TPSA) is 203 Å². The van der Waals surface area contributed by atoms with Gasteiger partial charge in [0.1, 0.15) is 0 Å². The molecule has 0 aliphatic carbocycles. The van der Waals surface area contributed by atoms with Crippen LogP contribution in [0.1, 0.15) is 39.0 Å². The van der Waals surface area contributed by atoms with Crippen LogP contribution in [0.3, 0.4) is 0 Å². The summed E-state index contributed by atoms with van der Waals surface area (Å²) in [6, 6.07) is 0. The molecule has 0 saturated heterocycles. The molecule has 1 aromatic heterocycles. The van der Waals surface area contributed by atoms with Crippen molar-refractivity contribution in [1.29, 1.82) is 0 Å². The Morgan fingerprint density at radius 1 is 0.676 bits per heavy atom. The fourth-order valence-electron chi connectivity index (χ4n) is 3.37. The molecular formula is C21H43N7O6. The zero-order valence-electron chi connectivity index (χ0n) is 20.2. The number of nitrogens with one attached hydrogen (secondary N) is 2. The lowest BCUT2D eigenvalue weighted by Crippen LogP contribution is -2.57. The minimum Gasteiger partial charge on any atom is -0.391 e. The summed E-state index contributed by atoms with van der Waals surface area (Å²) in [5.74, 6) is 0. The third-order valence-electron chi connectivity index (χ3n) is 5.41. The largest absolute Gasteiger partial charge is 0.391 e. The molecule has 1 rings (SSSR count). The number of hydrogen-bond acceptors (Lipinski definition) is 10. The number of aliphatic hydroxyl groups excluding tert-OH is 3. The molecule has 0 aromatic carbocycles. The summed E-state index contributed by atoms with van der Waals surface area (Å²) in [6.45, 7) is 3.40. The summed E-state index contributed by atoms with van der Waals surface area (Å²) >= 11 is 0. The van der Waals surface area contributed by atoms with Crippen LogP contribution in [-0.2, 0) is 19.6 Å². The number of aromatic nitrogens is 3. The first-order chi connectivity index (χ1) is 16.3. The van der Waals surface area contributed by atoms with Crippen molar-refractivity contribution in [2.24, 2.45) is 11.5 Å². The van der Waals surface area contributed by atoms with Gasteiger partial charge in [0.15, 0.2) is 0 Å². The van der Waals surface area contributed by atoms with E-state index >= 15 is 0 Å². The Bertz CT molecular complexity index is 808. The van der Waals surface area contributed by atoms with Crippen LogP contribution >= 0.6 is 0 Å². The lowest BCUT2D eigenvalue weighted by atomic mass is 10.3. The van der Waals surface area contributed by atoms with Crippen LogP contribution in [0.15, 0.2) is 14.4 Å². The predicted octanol–water partition coefficient (Wildman–Crippen LogP) is -3.68. The lowest BCUT2D eigenvalue weighted by molar-refractivity contribution is 0.126. The van der Waals surface area contributed by atoms with Gasteiger partial charge in [-0.3, -0.25) is 0 Å². The van der Waals surface area contributed by atoms with Crippen molar-refractivity contribution in [3.63, 3.8) is 0 Å². The maximum absolute atomic E-state index is 13.0. The van der Waals surface area contributed by atoms with Crippen LogP contribution in [0.2, 0.25) is 0 Å². The van der Waals surface area contributed by atoms with Crippen LogP contribution < -0.4 is 39.2 Å². The van der Waals surface area contributed by atoms with E-state index in [0.29, 0.717) is 32.6 Å². The molecule has 0 aliphatic rings. The second-order valence-corrected chi connectivity index (χ2v) is 8.45. The van der Waals surface area contributed by atoms with Crippen molar-refractivity contribution in [2.75, 3.05) is 39.3 Å². The minimum atomic E-state index is -1.06. The molecule has 34 heavy (non-hydrogen) atoms. The van der Waals surface area contributed by atoms with E-state index in [0.717, 1.165) is 39.4 Å². The molecule has 0 fully saturated rings. The van der Waals surface area contributed by atoms with Crippen molar-refractivity contribution < 1.29 is 15.3 Å². The highest BCUT2D eigenvalue weighted by Crippen LogP contribution is 1.93. The van der Waals surface area contributed by atoms with E-state index in [1.54, 1.807) is 6.92 Å². The zero-order chi connectivity index (χ0) is 25.5. The van der Waals surface area contributed by atoms with Gasteiger partial charge in [-0.2, -0.15) is 0 Å². The van der Waals surface area contributed by atoms with Crippen LogP contribution in [0.25, 0.3) is 0 Å². The third kappa shape index (κ3) is 10.2.